The molecule has 0 saturated carbocycles. The van der Waals surface area contributed by atoms with Crippen LogP contribution < -0.4 is 0 Å². The SMILES string of the molecule is COC(=O)C1(c2ccc(Cl)c(Cl)c2)CCN(C(=O)OC(C)(C)C)CC1. The minimum Gasteiger partial charge on any atom is -0.468 e. The van der Waals surface area contributed by atoms with Crippen molar-refractivity contribution in [2.75, 3.05) is 20.2 Å². The van der Waals surface area contributed by atoms with Gasteiger partial charge in [-0.1, -0.05) is 29.3 Å². The van der Waals surface area contributed by atoms with Gasteiger partial charge < -0.3 is 14.4 Å². The number of nitrogens with zero attached hydrogens (tertiary/aromatic N) is 1. The Morgan fingerprint density at radius 3 is 2.20 bits per heavy atom. The number of hydrogen-bond donors (Lipinski definition) is 0. The maximum absolute atomic E-state index is 12.6. The van der Waals surface area contributed by atoms with Crippen molar-refractivity contribution in [3.8, 4) is 0 Å². The molecular weight excluding hydrogens is 365 g/mol. The smallest absolute Gasteiger partial charge is 0.410 e. The van der Waals surface area contributed by atoms with Gasteiger partial charge in [0.25, 0.3) is 0 Å². The first-order valence-corrected chi connectivity index (χ1v) is 8.86. The number of benzene rings is 1. The summed E-state index contributed by atoms with van der Waals surface area (Å²) in [6, 6.07) is 5.16. The van der Waals surface area contributed by atoms with Crippen LogP contribution in [0.25, 0.3) is 0 Å². The molecule has 1 saturated heterocycles. The van der Waals surface area contributed by atoms with E-state index in [9.17, 15) is 9.59 Å². The molecule has 25 heavy (non-hydrogen) atoms. The van der Waals surface area contributed by atoms with Gasteiger partial charge in [0.2, 0.25) is 0 Å². The maximum atomic E-state index is 12.6. The van der Waals surface area contributed by atoms with Crippen molar-refractivity contribution in [2.24, 2.45) is 0 Å². The van der Waals surface area contributed by atoms with E-state index >= 15 is 0 Å². The van der Waals surface area contributed by atoms with Gasteiger partial charge in [0.15, 0.2) is 0 Å². The van der Waals surface area contributed by atoms with Crippen molar-refractivity contribution in [3.63, 3.8) is 0 Å². The summed E-state index contributed by atoms with van der Waals surface area (Å²) in [5.41, 5.74) is -0.656. The summed E-state index contributed by atoms with van der Waals surface area (Å²) in [7, 11) is 1.36. The van der Waals surface area contributed by atoms with E-state index in [1.165, 1.54) is 7.11 Å². The van der Waals surface area contributed by atoms with Crippen molar-refractivity contribution in [3.05, 3.63) is 33.8 Å². The first-order chi connectivity index (χ1) is 11.6. The summed E-state index contributed by atoms with van der Waals surface area (Å²) >= 11 is 12.1. The highest BCUT2D eigenvalue weighted by atomic mass is 35.5. The van der Waals surface area contributed by atoms with E-state index in [0.717, 1.165) is 5.56 Å². The van der Waals surface area contributed by atoms with Gasteiger partial charge in [-0.2, -0.15) is 0 Å². The molecule has 0 N–H and O–H groups in total. The number of piperidine rings is 1. The average molecular weight is 388 g/mol. The van der Waals surface area contributed by atoms with Crippen LogP contribution in [0.5, 0.6) is 0 Å². The number of carbonyl (C=O) groups is 2. The molecule has 2 rings (SSSR count). The minimum atomic E-state index is -0.846. The Labute approximate surface area is 158 Å². The summed E-state index contributed by atoms with van der Waals surface area (Å²) in [5.74, 6) is -0.338. The average Bonchev–Trinajstić information content (AvgIpc) is 2.55. The highest BCUT2D eigenvalue weighted by Crippen LogP contribution is 2.39. The van der Waals surface area contributed by atoms with Gasteiger partial charge in [-0.25, -0.2) is 4.79 Å². The molecule has 7 heteroatoms. The van der Waals surface area contributed by atoms with Crippen molar-refractivity contribution >= 4 is 35.3 Å². The molecule has 138 valence electrons. The van der Waals surface area contributed by atoms with Gasteiger partial charge in [-0.05, 0) is 51.3 Å². The van der Waals surface area contributed by atoms with E-state index in [-0.39, 0.29) is 12.1 Å². The molecule has 0 aromatic heterocycles. The summed E-state index contributed by atoms with van der Waals surface area (Å²) in [6.45, 7) is 6.25. The number of hydrogen-bond acceptors (Lipinski definition) is 4. The zero-order valence-corrected chi connectivity index (χ0v) is 16.4. The van der Waals surface area contributed by atoms with Crippen molar-refractivity contribution < 1.29 is 19.1 Å². The second kappa shape index (κ2) is 7.42. The number of carbonyl (C=O) groups excluding carboxylic acids is 2. The summed E-state index contributed by atoms with van der Waals surface area (Å²) in [4.78, 5) is 26.4. The van der Waals surface area contributed by atoms with Crippen molar-refractivity contribution in [2.45, 2.75) is 44.6 Å². The van der Waals surface area contributed by atoms with Gasteiger partial charge >= 0.3 is 12.1 Å². The lowest BCUT2D eigenvalue weighted by Crippen LogP contribution is -2.50. The van der Waals surface area contributed by atoms with Crippen LogP contribution in [0.2, 0.25) is 10.0 Å². The molecule has 1 aromatic rings. The maximum Gasteiger partial charge on any atom is 0.410 e. The Morgan fingerprint density at radius 2 is 1.72 bits per heavy atom. The third-order valence-corrected chi connectivity index (χ3v) is 5.06. The van der Waals surface area contributed by atoms with Crippen molar-refractivity contribution in [1.82, 2.24) is 4.90 Å². The quantitative estimate of drug-likeness (QED) is 0.704. The Kier molecular flexibility index (Phi) is 5.89. The second-order valence-electron chi connectivity index (χ2n) is 7.17. The fourth-order valence-corrected chi connectivity index (χ4v) is 3.30. The lowest BCUT2D eigenvalue weighted by molar-refractivity contribution is -0.149. The van der Waals surface area contributed by atoms with Crippen LogP contribution in [0, 0.1) is 0 Å². The molecule has 0 radical (unpaired) electrons. The van der Waals surface area contributed by atoms with Gasteiger partial charge in [-0.3, -0.25) is 4.79 Å². The second-order valence-corrected chi connectivity index (χ2v) is 7.98. The van der Waals surface area contributed by atoms with Crippen molar-refractivity contribution in [1.29, 1.82) is 0 Å². The highest BCUT2D eigenvalue weighted by molar-refractivity contribution is 6.42. The molecule has 0 unspecified atom stereocenters. The van der Waals surface area contributed by atoms with Gasteiger partial charge in [-0.15, -0.1) is 0 Å². The molecule has 1 heterocycles. The number of halogens is 2. The van der Waals surface area contributed by atoms with Gasteiger partial charge in [0.1, 0.15) is 5.60 Å². The van der Waals surface area contributed by atoms with Crippen LogP contribution in [-0.4, -0.2) is 42.8 Å². The Hall–Kier alpha value is -1.46. The monoisotopic (exact) mass is 387 g/mol. The topological polar surface area (TPSA) is 55.8 Å². The normalized spacial score (nSPS) is 17.1. The molecule has 0 atom stereocenters. The Morgan fingerprint density at radius 1 is 1.12 bits per heavy atom. The Bertz CT molecular complexity index is 662. The predicted octanol–water partition coefficient (Wildman–Crippen LogP) is 4.44. The number of ether oxygens (including phenoxy) is 2. The third-order valence-electron chi connectivity index (χ3n) is 4.32. The molecule has 0 bridgehead atoms. The molecule has 1 aromatic carbocycles. The Balaban J connectivity index is 2.23. The van der Waals surface area contributed by atoms with E-state index in [1.54, 1.807) is 23.1 Å². The van der Waals surface area contributed by atoms with Crippen LogP contribution >= 0.6 is 23.2 Å². The third kappa shape index (κ3) is 4.39. The largest absolute Gasteiger partial charge is 0.468 e. The number of likely N-dealkylation sites (tertiary alicyclic amines) is 1. The zero-order chi connectivity index (χ0) is 18.8. The number of esters is 1. The summed E-state index contributed by atoms with van der Waals surface area (Å²) in [6.07, 6.45) is 0.480. The molecule has 1 aliphatic heterocycles. The van der Waals surface area contributed by atoms with Crippen LogP contribution in [0.4, 0.5) is 4.79 Å². The first kappa shape index (κ1) is 19.9. The van der Waals surface area contributed by atoms with Crippen LogP contribution in [0.3, 0.4) is 0 Å². The number of rotatable bonds is 2. The molecule has 5 nitrogen and oxygen atoms in total. The predicted molar refractivity (Wildman–Crippen MR) is 97.2 cm³/mol. The van der Waals surface area contributed by atoms with E-state index in [2.05, 4.69) is 0 Å². The molecule has 0 spiro atoms. The van der Waals surface area contributed by atoms with Crippen LogP contribution in [0.15, 0.2) is 18.2 Å². The standard InChI is InChI=1S/C18H23Cl2NO4/c1-17(2,3)25-16(23)21-9-7-18(8-10-21,15(22)24-4)12-5-6-13(19)14(20)11-12/h5-6,11H,7-10H2,1-4H3. The fraction of sp³-hybridized carbons (Fsp3) is 0.556. The van der Waals surface area contributed by atoms with E-state index in [1.807, 2.05) is 20.8 Å². The summed E-state index contributed by atoms with van der Waals surface area (Å²) < 4.78 is 10.4. The molecule has 0 aliphatic carbocycles. The van der Waals surface area contributed by atoms with E-state index < -0.39 is 11.0 Å². The molecule has 1 amide bonds. The minimum absolute atomic E-state index is 0.338. The van der Waals surface area contributed by atoms with Gasteiger partial charge in [0.05, 0.1) is 22.6 Å². The van der Waals surface area contributed by atoms with E-state index in [4.69, 9.17) is 32.7 Å². The number of amides is 1. The molecule has 1 aliphatic rings. The summed E-state index contributed by atoms with van der Waals surface area (Å²) in [5, 5.41) is 0.814. The lowest BCUT2D eigenvalue weighted by atomic mass is 9.73. The van der Waals surface area contributed by atoms with Crippen LogP contribution in [0.1, 0.15) is 39.2 Å². The molecular formula is C18H23Cl2NO4. The highest BCUT2D eigenvalue weighted by Gasteiger charge is 2.45. The number of methoxy groups -OCH3 is 1. The first-order valence-electron chi connectivity index (χ1n) is 8.11. The fourth-order valence-electron chi connectivity index (χ4n) is 3.00. The van der Waals surface area contributed by atoms with Crippen LogP contribution in [-0.2, 0) is 19.7 Å². The lowest BCUT2D eigenvalue weighted by Gasteiger charge is -2.40. The zero-order valence-electron chi connectivity index (χ0n) is 14.9. The molecule has 1 fully saturated rings. The van der Waals surface area contributed by atoms with E-state index in [0.29, 0.717) is 36.0 Å². The van der Waals surface area contributed by atoms with Gasteiger partial charge in [0, 0.05) is 13.1 Å².